The Hall–Kier alpha value is -3.04. The Bertz CT molecular complexity index is 815. The van der Waals surface area contributed by atoms with E-state index in [-0.39, 0.29) is 5.78 Å². The lowest BCUT2D eigenvalue weighted by Gasteiger charge is -2.17. The van der Waals surface area contributed by atoms with Crippen LogP contribution in [0.2, 0.25) is 0 Å². The quantitative estimate of drug-likeness (QED) is 0.458. The number of ether oxygens (including phenoxy) is 2. The first kappa shape index (κ1) is 20.3. The molecule has 0 fully saturated rings. The van der Waals surface area contributed by atoms with Crippen molar-refractivity contribution in [2.45, 2.75) is 31.9 Å². The monoisotopic (exact) mass is 366 g/mol. The van der Waals surface area contributed by atoms with Crippen LogP contribution in [0.1, 0.15) is 47.2 Å². The van der Waals surface area contributed by atoms with Gasteiger partial charge in [-0.3, -0.25) is 4.79 Å². The number of methoxy groups -OCH3 is 1. The normalized spacial score (nSPS) is 12.6. The molecule has 0 aromatic heterocycles. The van der Waals surface area contributed by atoms with E-state index in [0.29, 0.717) is 41.9 Å². The van der Waals surface area contributed by atoms with Crippen LogP contribution in [-0.2, 0) is 4.74 Å². The van der Waals surface area contributed by atoms with Gasteiger partial charge in [0, 0.05) is 17.7 Å². The predicted molar refractivity (Wildman–Crippen MR) is 102 cm³/mol. The average Bonchev–Trinajstić information content (AvgIpc) is 2.73. The SMILES string of the molecule is CCOC(CCC(C#N)c1cc(OC)ccc1C(=O)c1ccccc1)N=O. The van der Waals surface area contributed by atoms with Crippen LogP contribution >= 0.6 is 0 Å². The van der Waals surface area contributed by atoms with E-state index in [1.807, 2.05) is 6.07 Å². The number of hydrogen-bond donors (Lipinski definition) is 0. The minimum absolute atomic E-state index is 0.164. The van der Waals surface area contributed by atoms with E-state index in [9.17, 15) is 15.0 Å². The molecule has 2 unspecified atom stereocenters. The number of ketones is 1. The Morgan fingerprint density at radius 1 is 1.19 bits per heavy atom. The van der Waals surface area contributed by atoms with Crippen LogP contribution in [0.25, 0.3) is 0 Å². The molecule has 0 N–H and O–H groups in total. The Labute approximate surface area is 158 Å². The summed E-state index contributed by atoms with van der Waals surface area (Å²) in [5, 5.41) is 12.6. The summed E-state index contributed by atoms with van der Waals surface area (Å²) in [6.07, 6.45) is -0.161. The van der Waals surface area contributed by atoms with E-state index in [2.05, 4.69) is 11.2 Å². The average molecular weight is 366 g/mol. The zero-order valence-corrected chi connectivity index (χ0v) is 15.4. The molecule has 0 amide bonds. The molecule has 2 atom stereocenters. The van der Waals surface area contributed by atoms with Crippen molar-refractivity contribution in [2.24, 2.45) is 5.18 Å². The highest BCUT2D eigenvalue weighted by Crippen LogP contribution is 2.30. The van der Waals surface area contributed by atoms with Crippen molar-refractivity contribution in [3.63, 3.8) is 0 Å². The molecule has 2 rings (SSSR count). The molecule has 0 aliphatic carbocycles. The van der Waals surface area contributed by atoms with Crippen LogP contribution in [0.3, 0.4) is 0 Å². The Morgan fingerprint density at radius 2 is 1.93 bits per heavy atom. The second kappa shape index (κ2) is 10.2. The topological polar surface area (TPSA) is 88.8 Å². The van der Waals surface area contributed by atoms with E-state index < -0.39 is 12.1 Å². The molecule has 2 aromatic rings. The number of benzene rings is 2. The van der Waals surface area contributed by atoms with E-state index in [1.54, 1.807) is 49.4 Å². The number of nitriles is 1. The van der Waals surface area contributed by atoms with Gasteiger partial charge < -0.3 is 9.47 Å². The summed E-state index contributed by atoms with van der Waals surface area (Å²) in [7, 11) is 1.53. The molecule has 0 aliphatic heterocycles. The largest absolute Gasteiger partial charge is 0.497 e. The fourth-order valence-corrected chi connectivity index (χ4v) is 2.87. The first-order valence-corrected chi connectivity index (χ1v) is 8.75. The van der Waals surface area contributed by atoms with E-state index in [1.165, 1.54) is 7.11 Å². The Kier molecular flexibility index (Phi) is 7.65. The molecule has 0 radical (unpaired) electrons. The molecule has 6 heteroatoms. The Balaban J connectivity index is 2.35. The van der Waals surface area contributed by atoms with Crippen molar-refractivity contribution in [3.8, 4) is 11.8 Å². The molecule has 0 saturated heterocycles. The van der Waals surface area contributed by atoms with Crippen LogP contribution in [0, 0.1) is 16.2 Å². The van der Waals surface area contributed by atoms with Gasteiger partial charge in [0.05, 0.1) is 19.1 Å². The van der Waals surface area contributed by atoms with Crippen molar-refractivity contribution in [1.29, 1.82) is 5.26 Å². The molecule has 0 aliphatic rings. The van der Waals surface area contributed by atoms with Crippen LogP contribution in [0.5, 0.6) is 5.75 Å². The van der Waals surface area contributed by atoms with Crippen molar-refractivity contribution < 1.29 is 14.3 Å². The van der Waals surface area contributed by atoms with Crippen molar-refractivity contribution in [3.05, 3.63) is 70.1 Å². The highest BCUT2D eigenvalue weighted by molar-refractivity contribution is 6.10. The zero-order valence-electron chi connectivity index (χ0n) is 15.4. The molecule has 0 spiro atoms. The summed E-state index contributed by atoms with van der Waals surface area (Å²) in [6, 6.07) is 16.2. The predicted octanol–water partition coefficient (Wildman–Crippen LogP) is 4.44. The first-order chi connectivity index (χ1) is 13.1. The van der Waals surface area contributed by atoms with Gasteiger partial charge in [-0.25, -0.2) is 0 Å². The maximum absolute atomic E-state index is 12.9. The summed E-state index contributed by atoms with van der Waals surface area (Å²) in [5.74, 6) is -0.194. The van der Waals surface area contributed by atoms with Crippen molar-refractivity contribution in [2.75, 3.05) is 13.7 Å². The second-order valence-corrected chi connectivity index (χ2v) is 5.92. The van der Waals surface area contributed by atoms with Gasteiger partial charge in [0.1, 0.15) is 5.75 Å². The third-order valence-electron chi connectivity index (χ3n) is 4.25. The lowest BCUT2D eigenvalue weighted by molar-refractivity contribution is 0.0602. The van der Waals surface area contributed by atoms with Gasteiger partial charge in [-0.2, -0.15) is 5.26 Å². The third kappa shape index (κ3) is 5.22. The maximum atomic E-state index is 12.9. The van der Waals surface area contributed by atoms with Gasteiger partial charge in [-0.05, 0) is 48.7 Å². The molecule has 140 valence electrons. The molecular weight excluding hydrogens is 344 g/mol. The maximum Gasteiger partial charge on any atom is 0.193 e. The molecule has 0 bridgehead atoms. The summed E-state index contributed by atoms with van der Waals surface area (Å²) >= 11 is 0. The minimum atomic E-state index is -0.801. The van der Waals surface area contributed by atoms with Crippen LogP contribution in [-0.4, -0.2) is 25.7 Å². The highest BCUT2D eigenvalue weighted by atomic mass is 16.5. The van der Waals surface area contributed by atoms with Crippen LogP contribution in [0.15, 0.2) is 53.7 Å². The van der Waals surface area contributed by atoms with Gasteiger partial charge in [0.15, 0.2) is 12.0 Å². The molecule has 6 nitrogen and oxygen atoms in total. The van der Waals surface area contributed by atoms with E-state index in [4.69, 9.17) is 9.47 Å². The summed E-state index contributed by atoms with van der Waals surface area (Å²) < 4.78 is 10.5. The molecule has 0 heterocycles. The fraction of sp³-hybridized carbons (Fsp3) is 0.333. The number of nitroso groups, excluding NO2 is 1. The standard InChI is InChI=1S/C21H22N2O4/c1-3-27-20(23-25)12-9-16(14-22)19-13-17(26-2)10-11-18(19)21(24)15-7-5-4-6-8-15/h4-8,10-11,13,16,20H,3,9,12H2,1-2H3. The van der Waals surface area contributed by atoms with Crippen molar-refractivity contribution >= 4 is 5.78 Å². The van der Waals surface area contributed by atoms with E-state index in [0.717, 1.165) is 0 Å². The fourth-order valence-electron chi connectivity index (χ4n) is 2.87. The lowest BCUT2D eigenvalue weighted by atomic mass is 9.88. The first-order valence-electron chi connectivity index (χ1n) is 8.75. The minimum Gasteiger partial charge on any atom is -0.497 e. The molecule has 27 heavy (non-hydrogen) atoms. The highest BCUT2D eigenvalue weighted by Gasteiger charge is 2.22. The zero-order chi connectivity index (χ0) is 19.6. The van der Waals surface area contributed by atoms with Gasteiger partial charge in [-0.1, -0.05) is 30.3 Å². The van der Waals surface area contributed by atoms with E-state index >= 15 is 0 Å². The number of hydrogen-bond acceptors (Lipinski definition) is 6. The molecule has 2 aromatic carbocycles. The number of nitrogens with zero attached hydrogens (tertiary/aromatic N) is 2. The van der Waals surface area contributed by atoms with Gasteiger partial charge in [0.2, 0.25) is 0 Å². The molecule has 0 saturated carbocycles. The third-order valence-corrected chi connectivity index (χ3v) is 4.25. The van der Waals surface area contributed by atoms with Crippen molar-refractivity contribution in [1.82, 2.24) is 0 Å². The second-order valence-electron chi connectivity index (χ2n) is 5.92. The summed E-state index contributed by atoms with van der Waals surface area (Å²) in [4.78, 5) is 23.8. The smallest absolute Gasteiger partial charge is 0.193 e. The van der Waals surface area contributed by atoms with Gasteiger partial charge in [-0.15, -0.1) is 4.91 Å². The van der Waals surface area contributed by atoms with Crippen LogP contribution in [0.4, 0.5) is 0 Å². The number of carbonyl (C=O) groups excluding carboxylic acids is 1. The van der Waals surface area contributed by atoms with Gasteiger partial charge >= 0.3 is 0 Å². The summed E-state index contributed by atoms with van der Waals surface area (Å²) in [5.41, 5.74) is 1.56. The van der Waals surface area contributed by atoms with Crippen LogP contribution < -0.4 is 4.74 Å². The Morgan fingerprint density at radius 3 is 2.52 bits per heavy atom. The molecular formula is C21H22N2O4. The number of carbonyl (C=O) groups is 1. The number of rotatable bonds is 10. The van der Waals surface area contributed by atoms with Gasteiger partial charge in [0.25, 0.3) is 0 Å². The lowest BCUT2D eigenvalue weighted by Crippen LogP contribution is -2.13. The summed E-state index contributed by atoms with van der Waals surface area (Å²) in [6.45, 7) is 2.14.